The lowest BCUT2D eigenvalue weighted by molar-refractivity contribution is -0.385. The van der Waals surface area contributed by atoms with Crippen LogP contribution in [0.3, 0.4) is 0 Å². The Balaban J connectivity index is 2.39. The fourth-order valence-electron chi connectivity index (χ4n) is 1.55. The number of benzene rings is 2. The van der Waals surface area contributed by atoms with Crippen molar-refractivity contribution in [3.8, 4) is 11.5 Å². The fourth-order valence-corrected chi connectivity index (χ4v) is 1.91. The van der Waals surface area contributed by atoms with Crippen LogP contribution in [0.1, 0.15) is 5.56 Å². The molecule has 0 bridgehead atoms. The molecule has 0 amide bonds. The maximum absolute atomic E-state index is 12.6. The Kier molecular flexibility index (Phi) is 4.35. The van der Waals surface area contributed by atoms with Gasteiger partial charge in [0.1, 0.15) is 5.75 Å². The minimum atomic E-state index is -4.65. The Hall–Kier alpha value is -1.84. The van der Waals surface area contributed by atoms with E-state index >= 15 is 0 Å². The van der Waals surface area contributed by atoms with Crippen LogP contribution in [-0.2, 0) is 6.18 Å². The van der Waals surface area contributed by atoms with Gasteiger partial charge in [-0.3, -0.25) is 10.1 Å². The highest BCUT2D eigenvalue weighted by Gasteiger charge is 2.33. The fraction of sp³-hybridized carbons (Fsp3) is 0.0769. The number of ether oxygens (including phenoxy) is 1. The van der Waals surface area contributed by atoms with Crippen molar-refractivity contribution in [3.05, 3.63) is 61.7 Å². The van der Waals surface area contributed by atoms with Crippen LogP contribution in [0.2, 0.25) is 0 Å². The monoisotopic (exact) mass is 409 g/mol. The van der Waals surface area contributed by atoms with E-state index in [1.54, 1.807) is 24.3 Å². The van der Waals surface area contributed by atoms with Crippen LogP contribution in [0.5, 0.6) is 11.5 Å². The van der Waals surface area contributed by atoms with Gasteiger partial charge in [-0.05, 0) is 59.0 Å². The average Bonchev–Trinajstić information content (AvgIpc) is 2.40. The lowest BCUT2D eigenvalue weighted by Crippen LogP contribution is -2.06. The van der Waals surface area contributed by atoms with Crippen LogP contribution >= 0.6 is 22.6 Å². The molecule has 4 nitrogen and oxygen atoms in total. The van der Waals surface area contributed by atoms with E-state index in [0.717, 1.165) is 15.7 Å². The third-order valence-electron chi connectivity index (χ3n) is 2.52. The van der Waals surface area contributed by atoms with E-state index in [1.165, 1.54) is 0 Å². The van der Waals surface area contributed by atoms with Crippen LogP contribution in [0.25, 0.3) is 0 Å². The van der Waals surface area contributed by atoms with Crippen molar-refractivity contribution >= 4 is 28.3 Å². The van der Waals surface area contributed by atoms with Gasteiger partial charge in [-0.2, -0.15) is 13.2 Å². The molecule has 0 atom stereocenters. The molecule has 0 spiro atoms. The first-order chi connectivity index (χ1) is 9.77. The summed E-state index contributed by atoms with van der Waals surface area (Å²) in [4.78, 5) is 10.00. The number of nitro benzene ring substituents is 1. The molecule has 8 heteroatoms. The number of nitro groups is 1. The molecule has 0 aromatic heterocycles. The number of nitrogens with zero attached hydrogens (tertiary/aromatic N) is 1. The van der Waals surface area contributed by atoms with Crippen molar-refractivity contribution in [2.75, 3.05) is 0 Å². The first-order valence-corrected chi connectivity index (χ1v) is 6.64. The maximum atomic E-state index is 12.6. The van der Waals surface area contributed by atoms with Crippen LogP contribution in [-0.4, -0.2) is 4.92 Å². The maximum Gasteiger partial charge on any atom is 0.416 e. The van der Waals surface area contributed by atoms with Crippen molar-refractivity contribution in [2.24, 2.45) is 0 Å². The SMILES string of the molecule is O=[N+]([O-])c1cc(C(F)(F)F)ccc1Oc1ccc(I)cc1. The van der Waals surface area contributed by atoms with Crippen molar-refractivity contribution in [3.63, 3.8) is 0 Å². The number of hydrogen-bond donors (Lipinski definition) is 0. The van der Waals surface area contributed by atoms with E-state index in [2.05, 4.69) is 22.6 Å². The second kappa shape index (κ2) is 5.88. The lowest BCUT2D eigenvalue weighted by Gasteiger charge is -2.10. The third kappa shape index (κ3) is 3.84. The van der Waals surface area contributed by atoms with Gasteiger partial charge in [-0.1, -0.05) is 0 Å². The van der Waals surface area contributed by atoms with Gasteiger partial charge in [-0.25, -0.2) is 0 Å². The molecular weight excluding hydrogens is 402 g/mol. The molecule has 2 aromatic rings. The quantitative estimate of drug-likeness (QED) is 0.407. The van der Waals surface area contributed by atoms with Crippen molar-refractivity contribution in [1.82, 2.24) is 0 Å². The van der Waals surface area contributed by atoms with E-state index in [4.69, 9.17) is 4.74 Å². The topological polar surface area (TPSA) is 52.4 Å². The van der Waals surface area contributed by atoms with Crippen molar-refractivity contribution in [1.29, 1.82) is 0 Å². The highest BCUT2D eigenvalue weighted by atomic mass is 127. The summed E-state index contributed by atoms with van der Waals surface area (Å²) >= 11 is 2.07. The minimum absolute atomic E-state index is 0.241. The zero-order valence-electron chi connectivity index (χ0n) is 10.2. The highest BCUT2D eigenvalue weighted by Crippen LogP contribution is 2.37. The number of halogens is 4. The zero-order chi connectivity index (χ0) is 15.6. The molecule has 0 N–H and O–H groups in total. The number of hydrogen-bond acceptors (Lipinski definition) is 3. The summed E-state index contributed by atoms with van der Waals surface area (Å²) in [5.74, 6) is 0.0625. The average molecular weight is 409 g/mol. The summed E-state index contributed by atoms with van der Waals surface area (Å²) in [6.07, 6.45) is -4.65. The van der Waals surface area contributed by atoms with Gasteiger partial charge in [0.2, 0.25) is 5.75 Å². The predicted octanol–water partition coefficient (Wildman–Crippen LogP) is 5.01. The molecule has 2 rings (SSSR count). The normalized spacial score (nSPS) is 11.2. The zero-order valence-corrected chi connectivity index (χ0v) is 12.4. The van der Waals surface area contributed by atoms with Crippen LogP contribution in [0.4, 0.5) is 18.9 Å². The molecule has 0 unspecified atom stereocenters. The molecule has 110 valence electrons. The van der Waals surface area contributed by atoms with Gasteiger partial charge >= 0.3 is 11.9 Å². The van der Waals surface area contributed by atoms with Gasteiger partial charge in [0.25, 0.3) is 0 Å². The number of rotatable bonds is 3. The summed E-state index contributed by atoms with van der Waals surface area (Å²) < 4.78 is 43.9. The molecule has 0 aliphatic rings. The van der Waals surface area contributed by atoms with Gasteiger partial charge < -0.3 is 4.74 Å². The molecular formula is C13H7F3INO3. The first-order valence-electron chi connectivity index (χ1n) is 5.56. The Morgan fingerprint density at radius 3 is 2.24 bits per heavy atom. The second-order valence-electron chi connectivity index (χ2n) is 3.99. The molecule has 0 saturated carbocycles. The summed E-state index contributed by atoms with van der Waals surface area (Å²) in [7, 11) is 0. The largest absolute Gasteiger partial charge is 0.450 e. The van der Waals surface area contributed by atoms with E-state index in [1.807, 2.05) is 0 Å². The molecule has 0 aliphatic heterocycles. The summed E-state index contributed by atoms with van der Waals surface area (Å²) in [5, 5.41) is 10.9. The van der Waals surface area contributed by atoms with Gasteiger partial charge in [-0.15, -0.1) is 0 Å². The Morgan fingerprint density at radius 1 is 1.10 bits per heavy atom. The summed E-state index contributed by atoms with van der Waals surface area (Å²) in [6, 6.07) is 8.72. The second-order valence-corrected chi connectivity index (χ2v) is 5.24. The van der Waals surface area contributed by atoms with Crippen LogP contribution in [0.15, 0.2) is 42.5 Å². The van der Waals surface area contributed by atoms with Gasteiger partial charge in [0.05, 0.1) is 10.5 Å². The van der Waals surface area contributed by atoms with Gasteiger partial charge in [0.15, 0.2) is 0 Å². The van der Waals surface area contributed by atoms with Crippen molar-refractivity contribution < 1.29 is 22.8 Å². The molecule has 0 heterocycles. The molecule has 21 heavy (non-hydrogen) atoms. The highest BCUT2D eigenvalue weighted by molar-refractivity contribution is 14.1. The number of alkyl halides is 3. The van der Waals surface area contributed by atoms with E-state index in [9.17, 15) is 23.3 Å². The Labute approximate surface area is 130 Å². The summed E-state index contributed by atoms with van der Waals surface area (Å²) in [5.41, 5.74) is -1.83. The van der Waals surface area contributed by atoms with E-state index in [-0.39, 0.29) is 5.75 Å². The third-order valence-corrected chi connectivity index (χ3v) is 3.24. The van der Waals surface area contributed by atoms with Crippen molar-refractivity contribution in [2.45, 2.75) is 6.18 Å². The van der Waals surface area contributed by atoms with Crippen LogP contribution < -0.4 is 4.74 Å². The smallest absolute Gasteiger partial charge is 0.416 e. The predicted molar refractivity (Wildman–Crippen MR) is 77.3 cm³/mol. The first kappa shape index (κ1) is 15.5. The lowest BCUT2D eigenvalue weighted by atomic mass is 10.2. The molecule has 0 radical (unpaired) electrons. The van der Waals surface area contributed by atoms with E-state index < -0.39 is 22.4 Å². The molecule has 0 saturated heterocycles. The molecule has 0 fully saturated rings. The Bertz CT molecular complexity index is 671. The van der Waals surface area contributed by atoms with Crippen LogP contribution in [0, 0.1) is 13.7 Å². The minimum Gasteiger partial charge on any atom is -0.450 e. The summed E-state index contributed by atoms with van der Waals surface area (Å²) in [6.45, 7) is 0. The van der Waals surface area contributed by atoms with E-state index in [0.29, 0.717) is 11.8 Å². The standard InChI is InChI=1S/C13H7F3INO3/c14-13(15,16)8-1-6-12(11(7-8)18(19)20)21-10-4-2-9(17)3-5-10/h1-7H. The molecule has 0 aliphatic carbocycles. The Morgan fingerprint density at radius 2 is 1.71 bits per heavy atom. The van der Waals surface area contributed by atoms with Gasteiger partial charge in [0, 0.05) is 9.64 Å². The molecule has 2 aromatic carbocycles.